The van der Waals surface area contributed by atoms with Crippen molar-refractivity contribution < 1.29 is 13.2 Å². The van der Waals surface area contributed by atoms with E-state index in [4.69, 9.17) is 5.73 Å². The van der Waals surface area contributed by atoms with Gasteiger partial charge in [0.15, 0.2) is 0 Å². The molecule has 0 aliphatic rings. The molecular weight excluding hydrogens is 217 g/mol. The van der Waals surface area contributed by atoms with Gasteiger partial charge < -0.3 is 11.1 Å². The fourth-order valence-electron chi connectivity index (χ4n) is 1.33. The van der Waals surface area contributed by atoms with Crippen LogP contribution >= 0.6 is 0 Å². The number of nitrogens with two attached hydrogens (primary N) is 1. The van der Waals surface area contributed by atoms with Crippen LogP contribution in [0.5, 0.6) is 0 Å². The average Bonchev–Trinajstić information content (AvgIpc) is 2.15. The average molecular weight is 232 g/mol. The largest absolute Gasteiger partial charge is 0.399 e. The Morgan fingerprint density at radius 1 is 1.19 bits per heavy atom. The molecule has 16 heavy (non-hydrogen) atoms. The number of rotatable bonds is 5. The van der Waals surface area contributed by atoms with E-state index in [1.165, 1.54) is 0 Å². The second kappa shape index (κ2) is 5.63. The third-order valence-electron chi connectivity index (χ3n) is 2.10. The molecule has 0 heterocycles. The molecule has 0 amide bonds. The fraction of sp³-hybridized carbons (Fsp3) is 0.455. The van der Waals surface area contributed by atoms with Gasteiger partial charge in [0.2, 0.25) is 0 Å². The third-order valence-corrected chi connectivity index (χ3v) is 2.10. The molecule has 0 saturated carbocycles. The molecule has 1 rings (SSSR count). The van der Waals surface area contributed by atoms with Gasteiger partial charge in [-0.1, -0.05) is 6.07 Å². The summed E-state index contributed by atoms with van der Waals surface area (Å²) in [5.74, 6) is 0. The lowest BCUT2D eigenvalue weighted by Gasteiger charge is -2.08. The first-order valence-electron chi connectivity index (χ1n) is 5.13. The van der Waals surface area contributed by atoms with Crippen LogP contribution in [0.4, 0.5) is 24.5 Å². The van der Waals surface area contributed by atoms with E-state index < -0.39 is 12.6 Å². The summed E-state index contributed by atoms with van der Waals surface area (Å²) in [6.07, 6.45) is -4.12. The zero-order valence-electron chi connectivity index (χ0n) is 8.85. The number of unbranched alkanes of at least 4 members (excludes halogenated alkanes) is 1. The molecule has 0 spiro atoms. The molecule has 0 bridgehead atoms. The summed E-state index contributed by atoms with van der Waals surface area (Å²) in [6.45, 7) is 0.527. The molecule has 0 saturated heterocycles. The predicted octanol–water partition coefficient (Wildman–Crippen LogP) is 3.41. The molecule has 1 aromatic rings. The Labute approximate surface area is 92.6 Å². The minimum absolute atomic E-state index is 0.152. The Morgan fingerprint density at radius 2 is 1.94 bits per heavy atom. The van der Waals surface area contributed by atoms with Gasteiger partial charge in [-0.25, -0.2) is 0 Å². The van der Waals surface area contributed by atoms with Crippen molar-refractivity contribution in [3.63, 3.8) is 0 Å². The Morgan fingerprint density at radius 3 is 2.56 bits per heavy atom. The summed E-state index contributed by atoms with van der Waals surface area (Å²) in [6, 6.07) is 7.14. The molecular formula is C11H15F3N2. The first-order chi connectivity index (χ1) is 7.47. The topological polar surface area (TPSA) is 38.0 Å². The SMILES string of the molecule is Nc1cccc(NCCCCC(F)(F)F)c1. The number of hydrogen-bond acceptors (Lipinski definition) is 2. The Hall–Kier alpha value is -1.39. The minimum Gasteiger partial charge on any atom is -0.399 e. The monoisotopic (exact) mass is 232 g/mol. The van der Waals surface area contributed by atoms with Gasteiger partial charge in [0.1, 0.15) is 0 Å². The molecule has 0 radical (unpaired) electrons. The van der Waals surface area contributed by atoms with Crippen LogP contribution in [-0.2, 0) is 0 Å². The van der Waals surface area contributed by atoms with E-state index in [-0.39, 0.29) is 6.42 Å². The van der Waals surface area contributed by atoms with Gasteiger partial charge in [-0.05, 0) is 31.0 Å². The number of alkyl halides is 3. The molecule has 5 heteroatoms. The van der Waals surface area contributed by atoms with E-state index >= 15 is 0 Å². The summed E-state index contributed by atoms with van der Waals surface area (Å²) in [4.78, 5) is 0. The lowest BCUT2D eigenvalue weighted by molar-refractivity contribution is -0.135. The van der Waals surface area contributed by atoms with Crippen molar-refractivity contribution in [2.45, 2.75) is 25.4 Å². The van der Waals surface area contributed by atoms with E-state index in [0.717, 1.165) is 5.69 Å². The molecule has 0 unspecified atom stereocenters. The van der Waals surface area contributed by atoms with Gasteiger partial charge in [-0.15, -0.1) is 0 Å². The quantitative estimate of drug-likeness (QED) is 0.603. The number of nitrogens with one attached hydrogen (secondary N) is 1. The molecule has 2 nitrogen and oxygen atoms in total. The summed E-state index contributed by atoms with van der Waals surface area (Å²) in [7, 11) is 0. The first-order valence-corrected chi connectivity index (χ1v) is 5.13. The molecule has 0 atom stereocenters. The normalized spacial score (nSPS) is 11.4. The van der Waals surface area contributed by atoms with Crippen LogP contribution in [0.25, 0.3) is 0 Å². The van der Waals surface area contributed by atoms with E-state index in [1.54, 1.807) is 18.2 Å². The van der Waals surface area contributed by atoms with Crippen LogP contribution in [0.3, 0.4) is 0 Å². The van der Waals surface area contributed by atoms with Crippen molar-refractivity contribution >= 4 is 11.4 Å². The standard InChI is InChI=1S/C11H15F3N2/c12-11(13,14)6-1-2-7-16-10-5-3-4-9(15)8-10/h3-5,8,16H,1-2,6-7,15H2. The third kappa shape index (κ3) is 5.48. The summed E-state index contributed by atoms with van der Waals surface area (Å²) < 4.78 is 35.5. The van der Waals surface area contributed by atoms with Gasteiger partial charge in [0.25, 0.3) is 0 Å². The highest BCUT2D eigenvalue weighted by molar-refractivity contribution is 5.53. The maximum absolute atomic E-state index is 11.8. The van der Waals surface area contributed by atoms with Gasteiger partial charge in [0.05, 0.1) is 0 Å². The zero-order chi connectivity index (χ0) is 12.0. The Kier molecular flexibility index (Phi) is 4.46. The van der Waals surface area contributed by atoms with Crippen LogP contribution in [-0.4, -0.2) is 12.7 Å². The molecule has 90 valence electrons. The van der Waals surface area contributed by atoms with Crippen molar-refractivity contribution in [3.05, 3.63) is 24.3 Å². The van der Waals surface area contributed by atoms with E-state index in [0.29, 0.717) is 18.7 Å². The van der Waals surface area contributed by atoms with Crippen LogP contribution in [0.15, 0.2) is 24.3 Å². The van der Waals surface area contributed by atoms with Crippen molar-refractivity contribution in [3.8, 4) is 0 Å². The van der Waals surface area contributed by atoms with Crippen LogP contribution in [0.2, 0.25) is 0 Å². The van der Waals surface area contributed by atoms with Crippen molar-refractivity contribution in [2.75, 3.05) is 17.6 Å². The molecule has 1 aromatic carbocycles. The molecule has 0 aliphatic heterocycles. The molecule has 3 N–H and O–H groups in total. The minimum atomic E-state index is -4.04. The Balaban J connectivity index is 2.17. The maximum Gasteiger partial charge on any atom is 0.389 e. The van der Waals surface area contributed by atoms with Gasteiger partial charge in [0, 0.05) is 24.3 Å². The van der Waals surface area contributed by atoms with Crippen molar-refractivity contribution in [2.24, 2.45) is 0 Å². The summed E-state index contributed by atoms with van der Waals surface area (Å²) in [5, 5.41) is 3.02. The number of halogens is 3. The highest BCUT2D eigenvalue weighted by atomic mass is 19.4. The summed E-state index contributed by atoms with van der Waals surface area (Å²) >= 11 is 0. The second-order valence-electron chi connectivity index (χ2n) is 3.62. The highest BCUT2D eigenvalue weighted by Gasteiger charge is 2.25. The number of anilines is 2. The molecule has 0 aromatic heterocycles. The van der Waals surface area contributed by atoms with Crippen molar-refractivity contribution in [1.82, 2.24) is 0 Å². The van der Waals surface area contributed by atoms with Gasteiger partial charge in [-0.2, -0.15) is 13.2 Å². The number of benzene rings is 1. The van der Waals surface area contributed by atoms with Gasteiger partial charge >= 0.3 is 6.18 Å². The van der Waals surface area contributed by atoms with E-state index in [9.17, 15) is 13.2 Å². The fourth-order valence-corrected chi connectivity index (χ4v) is 1.33. The van der Waals surface area contributed by atoms with Crippen LogP contribution in [0, 0.1) is 0 Å². The van der Waals surface area contributed by atoms with E-state index in [1.807, 2.05) is 6.07 Å². The lowest BCUT2D eigenvalue weighted by atomic mass is 10.2. The summed E-state index contributed by atoms with van der Waals surface area (Å²) in [5.41, 5.74) is 7.04. The Bertz CT molecular complexity index is 323. The van der Waals surface area contributed by atoms with E-state index in [2.05, 4.69) is 5.32 Å². The lowest BCUT2D eigenvalue weighted by Crippen LogP contribution is -2.08. The molecule has 0 aliphatic carbocycles. The zero-order valence-corrected chi connectivity index (χ0v) is 8.85. The van der Waals surface area contributed by atoms with Crippen molar-refractivity contribution in [1.29, 1.82) is 0 Å². The van der Waals surface area contributed by atoms with Gasteiger partial charge in [-0.3, -0.25) is 0 Å². The first kappa shape index (κ1) is 12.7. The smallest absolute Gasteiger partial charge is 0.389 e. The predicted molar refractivity (Wildman–Crippen MR) is 59.3 cm³/mol. The van der Waals surface area contributed by atoms with Crippen LogP contribution < -0.4 is 11.1 Å². The molecule has 0 fully saturated rings. The number of hydrogen-bond donors (Lipinski definition) is 2. The van der Waals surface area contributed by atoms with Crippen LogP contribution in [0.1, 0.15) is 19.3 Å². The number of nitrogen functional groups attached to an aromatic ring is 1. The maximum atomic E-state index is 11.8. The second-order valence-corrected chi connectivity index (χ2v) is 3.62. The highest BCUT2D eigenvalue weighted by Crippen LogP contribution is 2.22.